The molecule has 29 heavy (non-hydrogen) atoms. The lowest BCUT2D eigenvalue weighted by molar-refractivity contribution is 0.208. The SMILES string of the molecule is N#Cc1ccc(-c2nc(OCC3CCNCC3)cnc2-c2ccc(Br)cc2)cc1. The van der Waals surface area contributed by atoms with E-state index in [1.165, 1.54) is 0 Å². The number of nitrogens with zero attached hydrogens (tertiary/aromatic N) is 3. The van der Waals surface area contributed by atoms with Crippen LogP contribution in [0.3, 0.4) is 0 Å². The Labute approximate surface area is 178 Å². The van der Waals surface area contributed by atoms with Gasteiger partial charge in [0.1, 0.15) is 5.69 Å². The molecule has 0 amide bonds. The van der Waals surface area contributed by atoms with Crippen LogP contribution in [0.25, 0.3) is 22.5 Å². The molecule has 0 radical (unpaired) electrons. The molecule has 1 aromatic heterocycles. The van der Waals surface area contributed by atoms with Crippen LogP contribution >= 0.6 is 15.9 Å². The molecule has 1 N–H and O–H groups in total. The van der Waals surface area contributed by atoms with Crippen molar-refractivity contribution >= 4 is 15.9 Å². The van der Waals surface area contributed by atoms with Gasteiger partial charge in [0.25, 0.3) is 0 Å². The third kappa shape index (κ3) is 4.81. The molecule has 5 nitrogen and oxygen atoms in total. The van der Waals surface area contributed by atoms with Crippen LogP contribution < -0.4 is 10.1 Å². The van der Waals surface area contributed by atoms with Crippen LogP contribution in [0, 0.1) is 17.2 Å². The summed E-state index contributed by atoms with van der Waals surface area (Å²) in [5.41, 5.74) is 4.04. The van der Waals surface area contributed by atoms with Gasteiger partial charge in [-0.1, -0.05) is 40.2 Å². The van der Waals surface area contributed by atoms with Gasteiger partial charge in [-0.2, -0.15) is 5.26 Å². The van der Waals surface area contributed by atoms with Crippen molar-refractivity contribution in [2.24, 2.45) is 5.92 Å². The number of rotatable bonds is 5. The second-order valence-corrected chi connectivity index (χ2v) is 8.02. The Balaban J connectivity index is 1.66. The third-order valence-corrected chi connectivity index (χ3v) is 5.61. The molecule has 4 rings (SSSR count). The fraction of sp³-hybridized carbons (Fsp3) is 0.261. The topological polar surface area (TPSA) is 70.8 Å². The van der Waals surface area contributed by atoms with Crippen molar-refractivity contribution in [1.82, 2.24) is 15.3 Å². The Morgan fingerprint density at radius 3 is 2.34 bits per heavy atom. The number of hydrogen-bond acceptors (Lipinski definition) is 5. The Morgan fingerprint density at radius 1 is 1.00 bits per heavy atom. The highest BCUT2D eigenvalue weighted by Crippen LogP contribution is 2.31. The van der Waals surface area contributed by atoms with E-state index in [4.69, 9.17) is 15.0 Å². The fourth-order valence-corrected chi connectivity index (χ4v) is 3.68. The van der Waals surface area contributed by atoms with Gasteiger partial charge in [-0.15, -0.1) is 0 Å². The standard InChI is InChI=1S/C23H21BrN4O/c24-20-7-5-18(6-8-20)22-23(19-3-1-16(13-25)2-4-19)28-21(14-27-22)29-15-17-9-11-26-12-10-17/h1-8,14,17,26H,9-12,15H2. The minimum Gasteiger partial charge on any atom is -0.476 e. The van der Waals surface area contributed by atoms with Crippen molar-refractivity contribution in [3.05, 3.63) is 64.8 Å². The molecule has 2 aromatic carbocycles. The molecule has 3 aromatic rings. The van der Waals surface area contributed by atoms with E-state index in [-0.39, 0.29) is 0 Å². The highest BCUT2D eigenvalue weighted by atomic mass is 79.9. The average Bonchev–Trinajstić information content (AvgIpc) is 2.79. The van der Waals surface area contributed by atoms with Gasteiger partial charge in [0, 0.05) is 15.6 Å². The van der Waals surface area contributed by atoms with Crippen LogP contribution in [0.4, 0.5) is 0 Å². The van der Waals surface area contributed by atoms with Gasteiger partial charge < -0.3 is 10.1 Å². The van der Waals surface area contributed by atoms with E-state index in [0.717, 1.165) is 52.9 Å². The molecule has 0 aliphatic carbocycles. The molecular formula is C23H21BrN4O. The van der Waals surface area contributed by atoms with Crippen molar-refractivity contribution in [3.8, 4) is 34.5 Å². The molecule has 0 bridgehead atoms. The van der Waals surface area contributed by atoms with Gasteiger partial charge in [-0.3, -0.25) is 0 Å². The first kappa shape index (κ1) is 19.6. The van der Waals surface area contributed by atoms with Crippen LogP contribution in [0.1, 0.15) is 18.4 Å². The first-order chi connectivity index (χ1) is 14.2. The van der Waals surface area contributed by atoms with Crippen LogP contribution in [0.5, 0.6) is 5.88 Å². The van der Waals surface area contributed by atoms with Crippen LogP contribution in [-0.4, -0.2) is 29.7 Å². The molecule has 2 heterocycles. The van der Waals surface area contributed by atoms with E-state index < -0.39 is 0 Å². The summed E-state index contributed by atoms with van der Waals surface area (Å²) in [6.07, 6.45) is 3.94. The van der Waals surface area contributed by atoms with Crippen LogP contribution in [0.2, 0.25) is 0 Å². The Bertz CT molecular complexity index is 1010. The maximum absolute atomic E-state index is 9.09. The van der Waals surface area contributed by atoms with Crippen molar-refractivity contribution in [2.45, 2.75) is 12.8 Å². The first-order valence-corrected chi connectivity index (χ1v) is 10.5. The highest BCUT2D eigenvalue weighted by Gasteiger charge is 2.16. The number of halogens is 1. The number of benzene rings is 2. The minimum atomic E-state index is 0.531. The van der Waals surface area contributed by atoms with Gasteiger partial charge in [0.15, 0.2) is 0 Å². The first-order valence-electron chi connectivity index (χ1n) is 9.70. The largest absolute Gasteiger partial charge is 0.476 e. The lowest BCUT2D eigenvalue weighted by Crippen LogP contribution is -2.30. The molecule has 1 aliphatic rings. The summed E-state index contributed by atoms with van der Waals surface area (Å²) in [4.78, 5) is 9.47. The van der Waals surface area contributed by atoms with Gasteiger partial charge in [0.2, 0.25) is 5.88 Å². The zero-order valence-corrected chi connectivity index (χ0v) is 17.5. The van der Waals surface area contributed by atoms with E-state index in [1.54, 1.807) is 18.3 Å². The molecule has 0 unspecified atom stereocenters. The predicted octanol–water partition coefficient (Wildman–Crippen LogP) is 4.82. The molecule has 146 valence electrons. The Kier molecular flexibility index (Phi) is 6.18. The molecule has 1 fully saturated rings. The molecule has 1 aliphatic heterocycles. The van der Waals surface area contributed by atoms with Gasteiger partial charge >= 0.3 is 0 Å². The molecule has 1 saturated heterocycles. The van der Waals surface area contributed by atoms with E-state index >= 15 is 0 Å². The van der Waals surface area contributed by atoms with Gasteiger partial charge in [-0.25, -0.2) is 9.97 Å². The lowest BCUT2D eigenvalue weighted by Gasteiger charge is -2.22. The summed E-state index contributed by atoms with van der Waals surface area (Å²) in [6.45, 7) is 2.73. The Morgan fingerprint density at radius 2 is 1.66 bits per heavy atom. The number of ether oxygens (including phenoxy) is 1. The number of piperidine rings is 1. The number of aromatic nitrogens is 2. The van der Waals surface area contributed by atoms with E-state index in [9.17, 15) is 0 Å². The zero-order chi connectivity index (χ0) is 20.1. The predicted molar refractivity (Wildman–Crippen MR) is 116 cm³/mol. The quantitative estimate of drug-likeness (QED) is 0.605. The van der Waals surface area contributed by atoms with Gasteiger partial charge in [0.05, 0.1) is 30.1 Å². The van der Waals surface area contributed by atoms with E-state index in [1.807, 2.05) is 36.4 Å². The molecule has 0 spiro atoms. The summed E-state index contributed by atoms with van der Waals surface area (Å²) in [5.74, 6) is 1.08. The molecular weight excluding hydrogens is 428 g/mol. The minimum absolute atomic E-state index is 0.531. The summed E-state index contributed by atoms with van der Waals surface area (Å²) >= 11 is 3.48. The smallest absolute Gasteiger partial charge is 0.232 e. The van der Waals surface area contributed by atoms with Crippen molar-refractivity contribution in [1.29, 1.82) is 5.26 Å². The second-order valence-electron chi connectivity index (χ2n) is 7.11. The average molecular weight is 449 g/mol. The number of hydrogen-bond donors (Lipinski definition) is 1. The van der Waals surface area contributed by atoms with E-state index in [0.29, 0.717) is 24.0 Å². The normalized spacial score (nSPS) is 14.3. The second kappa shape index (κ2) is 9.17. The van der Waals surface area contributed by atoms with Crippen molar-refractivity contribution in [3.63, 3.8) is 0 Å². The lowest BCUT2D eigenvalue weighted by atomic mass is 9.99. The van der Waals surface area contributed by atoms with E-state index in [2.05, 4.69) is 32.3 Å². The molecule has 0 atom stereocenters. The summed E-state index contributed by atoms with van der Waals surface area (Å²) in [6, 6.07) is 17.6. The zero-order valence-electron chi connectivity index (χ0n) is 15.9. The number of nitrogens with one attached hydrogen (secondary N) is 1. The maximum Gasteiger partial charge on any atom is 0.232 e. The Hall–Kier alpha value is -2.75. The summed E-state index contributed by atoms with van der Waals surface area (Å²) in [7, 11) is 0. The third-order valence-electron chi connectivity index (χ3n) is 5.08. The maximum atomic E-state index is 9.09. The van der Waals surface area contributed by atoms with Crippen LogP contribution in [0.15, 0.2) is 59.2 Å². The van der Waals surface area contributed by atoms with Crippen molar-refractivity contribution in [2.75, 3.05) is 19.7 Å². The van der Waals surface area contributed by atoms with Crippen molar-refractivity contribution < 1.29 is 4.74 Å². The number of nitriles is 1. The summed E-state index contributed by atoms with van der Waals surface area (Å²) < 4.78 is 7.01. The summed E-state index contributed by atoms with van der Waals surface area (Å²) in [5, 5.41) is 12.5. The van der Waals surface area contributed by atoms with Crippen LogP contribution in [-0.2, 0) is 0 Å². The monoisotopic (exact) mass is 448 g/mol. The highest BCUT2D eigenvalue weighted by molar-refractivity contribution is 9.10. The fourth-order valence-electron chi connectivity index (χ4n) is 3.42. The molecule has 6 heteroatoms. The van der Waals surface area contributed by atoms with Gasteiger partial charge in [-0.05, 0) is 56.1 Å². The molecule has 0 saturated carbocycles.